The molecule has 2 aromatic rings. The van der Waals surface area contributed by atoms with E-state index in [0.717, 1.165) is 17.8 Å². The van der Waals surface area contributed by atoms with Crippen molar-refractivity contribution in [3.05, 3.63) is 54.1 Å². The van der Waals surface area contributed by atoms with Gasteiger partial charge in [0.1, 0.15) is 6.61 Å². The lowest BCUT2D eigenvalue weighted by Gasteiger charge is -2.24. The number of carbonyl (C=O) groups is 2. The summed E-state index contributed by atoms with van der Waals surface area (Å²) in [5.41, 5.74) is 2.20. The Labute approximate surface area is 177 Å². The SMILES string of the molecule is CCOCC(=O)N1Cc2cccn2CC(OCc2ccncc2)C1.O=C(O)C(F)(F)F. The van der Waals surface area contributed by atoms with Gasteiger partial charge >= 0.3 is 12.1 Å². The summed E-state index contributed by atoms with van der Waals surface area (Å²) in [4.78, 5) is 27.1. The van der Waals surface area contributed by atoms with E-state index >= 15 is 0 Å². The molecule has 1 aliphatic heterocycles. The first-order valence-electron chi connectivity index (χ1n) is 9.50. The molecule has 0 aliphatic carbocycles. The van der Waals surface area contributed by atoms with Crippen molar-refractivity contribution in [3.8, 4) is 0 Å². The molecule has 0 spiro atoms. The third-order valence-electron chi connectivity index (χ3n) is 4.36. The van der Waals surface area contributed by atoms with Crippen LogP contribution < -0.4 is 0 Å². The number of hydrogen-bond acceptors (Lipinski definition) is 5. The van der Waals surface area contributed by atoms with Crippen molar-refractivity contribution < 1.29 is 37.3 Å². The number of carboxylic acid groups (broad SMARTS) is 1. The molecule has 0 saturated heterocycles. The lowest BCUT2D eigenvalue weighted by molar-refractivity contribution is -0.192. The van der Waals surface area contributed by atoms with Crippen LogP contribution in [0.4, 0.5) is 13.2 Å². The van der Waals surface area contributed by atoms with Crippen molar-refractivity contribution in [2.75, 3.05) is 19.8 Å². The number of alkyl halides is 3. The monoisotopic (exact) mass is 443 g/mol. The number of aromatic nitrogens is 2. The molecule has 0 radical (unpaired) electrons. The molecule has 2 aromatic heterocycles. The Morgan fingerprint density at radius 1 is 1.23 bits per heavy atom. The zero-order chi connectivity index (χ0) is 22.9. The summed E-state index contributed by atoms with van der Waals surface area (Å²) in [6, 6.07) is 7.93. The van der Waals surface area contributed by atoms with Gasteiger partial charge in [0.25, 0.3) is 0 Å². The van der Waals surface area contributed by atoms with Crippen LogP contribution in [0.2, 0.25) is 0 Å². The van der Waals surface area contributed by atoms with Crippen LogP contribution in [0.25, 0.3) is 0 Å². The molecular weight excluding hydrogens is 419 g/mol. The maximum absolute atomic E-state index is 12.4. The van der Waals surface area contributed by atoms with Gasteiger partial charge in [0.15, 0.2) is 0 Å². The predicted molar refractivity (Wildman–Crippen MR) is 103 cm³/mol. The number of fused-ring (bicyclic) bond motifs is 1. The smallest absolute Gasteiger partial charge is 0.475 e. The Balaban J connectivity index is 0.000000423. The first kappa shape index (κ1) is 24.4. The molecular formula is C20H24F3N3O5. The number of rotatable bonds is 6. The van der Waals surface area contributed by atoms with E-state index in [1.165, 1.54) is 0 Å². The number of nitrogens with zero attached hydrogens (tertiary/aromatic N) is 3. The van der Waals surface area contributed by atoms with Gasteiger partial charge in [-0.2, -0.15) is 13.2 Å². The highest BCUT2D eigenvalue weighted by Gasteiger charge is 2.38. The van der Waals surface area contributed by atoms with Gasteiger partial charge in [-0.05, 0) is 36.8 Å². The molecule has 1 atom stereocenters. The standard InChI is InChI=1S/C18H23N3O3.C2HF3O2/c1-2-23-14-18(22)21-10-16-4-3-9-20(16)11-17(12-21)24-13-15-5-7-19-8-6-15;3-2(4,5)1(6)7/h3-9,17H,2,10-14H2,1H3;(H,6,7). The first-order valence-corrected chi connectivity index (χ1v) is 9.50. The lowest BCUT2D eigenvalue weighted by Crippen LogP contribution is -2.39. The van der Waals surface area contributed by atoms with E-state index in [1.54, 1.807) is 12.4 Å². The van der Waals surface area contributed by atoms with Crippen molar-refractivity contribution in [2.45, 2.75) is 38.9 Å². The Morgan fingerprint density at radius 3 is 2.52 bits per heavy atom. The quantitative estimate of drug-likeness (QED) is 0.737. The van der Waals surface area contributed by atoms with Gasteiger partial charge < -0.3 is 24.0 Å². The van der Waals surface area contributed by atoms with Gasteiger partial charge in [0.2, 0.25) is 5.91 Å². The molecule has 11 heteroatoms. The molecule has 170 valence electrons. The molecule has 0 bridgehead atoms. The Morgan fingerprint density at radius 2 is 1.90 bits per heavy atom. The van der Waals surface area contributed by atoms with Crippen LogP contribution in [0.15, 0.2) is 42.9 Å². The summed E-state index contributed by atoms with van der Waals surface area (Å²) in [5, 5.41) is 7.12. The van der Waals surface area contributed by atoms with E-state index in [0.29, 0.717) is 26.3 Å². The topological polar surface area (TPSA) is 93.9 Å². The molecule has 0 aromatic carbocycles. The fourth-order valence-corrected chi connectivity index (χ4v) is 2.82. The number of ether oxygens (including phenoxy) is 2. The molecule has 3 rings (SSSR count). The van der Waals surface area contributed by atoms with Crippen LogP contribution in [0, 0.1) is 0 Å². The van der Waals surface area contributed by atoms with Gasteiger partial charge in [0.05, 0.1) is 25.8 Å². The van der Waals surface area contributed by atoms with E-state index in [9.17, 15) is 18.0 Å². The highest BCUT2D eigenvalue weighted by Crippen LogP contribution is 2.17. The minimum Gasteiger partial charge on any atom is -0.475 e. The molecule has 8 nitrogen and oxygen atoms in total. The number of halogens is 3. The van der Waals surface area contributed by atoms with E-state index in [-0.39, 0.29) is 18.6 Å². The second-order valence-corrected chi connectivity index (χ2v) is 6.65. The van der Waals surface area contributed by atoms with Crippen LogP contribution in [-0.4, -0.2) is 63.5 Å². The molecule has 1 unspecified atom stereocenters. The third kappa shape index (κ3) is 8.02. The summed E-state index contributed by atoms with van der Waals surface area (Å²) in [6.07, 6.45) is 0.410. The number of aliphatic carboxylic acids is 1. The van der Waals surface area contributed by atoms with Crippen LogP contribution in [0.1, 0.15) is 18.2 Å². The van der Waals surface area contributed by atoms with E-state index in [4.69, 9.17) is 19.4 Å². The number of pyridine rings is 1. The normalized spacial score (nSPS) is 16.0. The third-order valence-corrected chi connectivity index (χ3v) is 4.36. The number of hydrogen-bond donors (Lipinski definition) is 1. The summed E-state index contributed by atoms with van der Waals surface area (Å²) in [7, 11) is 0. The predicted octanol–water partition coefficient (Wildman–Crippen LogP) is 2.48. The molecule has 1 aliphatic rings. The average Bonchev–Trinajstić information content (AvgIpc) is 3.08. The molecule has 3 heterocycles. The van der Waals surface area contributed by atoms with Crippen LogP contribution in [0.3, 0.4) is 0 Å². The van der Waals surface area contributed by atoms with Crippen molar-refractivity contribution >= 4 is 11.9 Å². The van der Waals surface area contributed by atoms with Gasteiger partial charge in [0, 0.05) is 37.4 Å². The average molecular weight is 443 g/mol. The summed E-state index contributed by atoms with van der Waals surface area (Å²) >= 11 is 0. The first-order chi connectivity index (χ1) is 14.7. The van der Waals surface area contributed by atoms with Crippen molar-refractivity contribution in [2.24, 2.45) is 0 Å². The molecule has 1 N–H and O–H groups in total. The fraction of sp³-hybridized carbons (Fsp3) is 0.450. The van der Waals surface area contributed by atoms with Gasteiger partial charge in [-0.25, -0.2) is 4.79 Å². The van der Waals surface area contributed by atoms with Crippen molar-refractivity contribution in [3.63, 3.8) is 0 Å². The van der Waals surface area contributed by atoms with E-state index in [1.807, 2.05) is 42.3 Å². The lowest BCUT2D eigenvalue weighted by atomic mass is 10.2. The summed E-state index contributed by atoms with van der Waals surface area (Å²) in [6.45, 7) is 4.96. The number of amides is 1. The van der Waals surface area contributed by atoms with Crippen LogP contribution in [-0.2, 0) is 38.8 Å². The number of carboxylic acids is 1. The minimum absolute atomic E-state index is 0.00371. The van der Waals surface area contributed by atoms with Crippen molar-refractivity contribution in [1.29, 1.82) is 0 Å². The highest BCUT2D eigenvalue weighted by molar-refractivity contribution is 5.77. The van der Waals surface area contributed by atoms with Crippen molar-refractivity contribution in [1.82, 2.24) is 14.5 Å². The van der Waals surface area contributed by atoms with Crippen LogP contribution >= 0.6 is 0 Å². The second-order valence-electron chi connectivity index (χ2n) is 6.65. The summed E-state index contributed by atoms with van der Waals surface area (Å²) in [5.74, 6) is -2.75. The molecule has 0 saturated carbocycles. The zero-order valence-corrected chi connectivity index (χ0v) is 16.9. The fourth-order valence-electron chi connectivity index (χ4n) is 2.82. The Bertz CT molecular complexity index is 842. The number of carbonyl (C=O) groups excluding carboxylic acids is 1. The Hall–Kier alpha value is -2.92. The zero-order valence-electron chi connectivity index (χ0n) is 16.9. The molecule has 0 fully saturated rings. The van der Waals surface area contributed by atoms with Gasteiger partial charge in [-0.15, -0.1) is 0 Å². The Kier molecular flexibility index (Phi) is 9.01. The van der Waals surface area contributed by atoms with E-state index < -0.39 is 12.1 Å². The molecule has 1 amide bonds. The maximum Gasteiger partial charge on any atom is 0.490 e. The molecule has 31 heavy (non-hydrogen) atoms. The van der Waals surface area contributed by atoms with E-state index in [2.05, 4.69) is 9.55 Å². The summed E-state index contributed by atoms with van der Waals surface area (Å²) < 4.78 is 45.2. The minimum atomic E-state index is -5.08. The van der Waals surface area contributed by atoms with Gasteiger partial charge in [-0.1, -0.05) is 0 Å². The highest BCUT2D eigenvalue weighted by atomic mass is 19.4. The largest absolute Gasteiger partial charge is 0.490 e. The second kappa shape index (κ2) is 11.5. The van der Waals surface area contributed by atoms with Gasteiger partial charge in [-0.3, -0.25) is 9.78 Å². The maximum atomic E-state index is 12.4. The van der Waals surface area contributed by atoms with Crippen LogP contribution in [0.5, 0.6) is 0 Å².